The number of carboxylic acid groups (broad SMARTS) is 1. The molecular weight excluding hydrogens is 238 g/mol. The van der Waals surface area contributed by atoms with E-state index in [2.05, 4.69) is 17.2 Å². The first-order valence-electron chi connectivity index (χ1n) is 5.66. The van der Waals surface area contributed by atoms with Crippen LogP contribution in [0.4, 0.5) is 4.79 Å². The zero-order valence-electron chi connectivity index (χ0n) is 10.0. The molecule has 3 N–H and O–H groups in total. The van der Waals surface area contributed by atoms with Crippen LogP contribution in [-0.2, 0) is 9.59 Å². The van der Waals surface area contributed by atoms with Crippen molar-refractivity contribution in [2.45, 2.75) is 18.9 Å². The number of carboxylic acids is 1. The zero-order valence-corrected chi connectivity index (χ0v) is 10.0. The lowest BCUT2D eigenvalue weighted by Crippen LogP contribution is -2.46. The Labute approximate surface area is 105 Å². The van der Waals surface area contributed by atoms with Gasteiger partial charge in [0.25, 0.3) is 0 Å². The van der Waals surface area contributed by atoms with Gasteiger partial charge in [-0.15, -0.1) is 6.58 Å². The molecule has 0 aromatic rings. The van der Waals surface area contributed by atoms with Crippen molar-refractivity contribution in [1.29, 1.82) is 0 Å². The highest BCUT2D eigenvalue weighted by molar-refractivity contribution is 5.95. The molecule has 1 aliphatic carbocycles. The van der Waals surface area contributed by atoms with Crippen LogP contribution in [0.25, 0.3) is 0 Å². The second-order valence-corrected chi connectivity index (χ2v) is 4.15. The van der Waals surface area contributed by atoms with E-state index < -0.39 is 17.9 Å². The summed E-state index contributed by atoms with van der Waals surface area (Å²) in [6.07, 6.45) is 3.37. The van der Waals surface area contributed by atoms with E-state index in [1.807, 2.05) is 0 Å². The Hall–Kier alpha value is -1.89. The largest absolute Gasteiger partial charge is 0.480 e. The van der Waals surface area contributed by atoms with E-state index in [9.17, 15) is 14.4 Å². The minimum Gasteiger partial charge on any atom is -0.480 e. The van der Waals surface area contributed by atoms with E-state index in [-0.39, 0.29) is 25.7 Å². The summed E-state index contributed by atoms with van der Waals surface area (Å²) in [4.78, 5) is 34.7. The summed E-state index contributed by atoms with van der Waals surface area (Å²) in [6.45, 7) is 3.32. The number of nitrogens with one attached hydrogen (secondary N) is 2. The number of aliphatic carboxylic acids is 1. The van der Waals surface area contributed by atoms with Crippen LogP contribution in [0.3, 0.4) is 0 Å². The van der Waals surface area contributed by atoms with Gasteiger partial charge in [0.15, 0.2) is 0 Å². The lowest BCUT2D eigenvalue weighted by molar-refractivity contribution is -0.138. The van der Waals surface area contributed by atoms with Gasteiger partial charge in [-0.05, 0) is 12.8 Å². The Morgan fingerprint density at radius 2 is 2.00 bits per heavy atom. The summed E-state index contributed by atoms with van der Waals surface area (Å²) in [7, 11) is 0. The lowest BCUT2D eigenvalue weighted by Gasteiger charge is -2.17. The number of nitrogens with zero attached hydrogens (tertiary/aromatic N) is 1. The average molecular weight is 255 g/mol. The van der Waals surface area contributed by atoms with Gasteiger partial charge in [0, 0.05) is 12.6 Å². The highest BCUT2D eigenvalue weighted by Gasteiger charge is 2.24. The van der Waals surface area contributed by atoms with Crippen LogP contribution >= 0.6 is 0 Å². The molecular formula is C11H17N3O4. The Bertz CT molecular complexity index is 352. The summed E-state index contributed by atoms with van der Waals surface area (Å²) in [6, 6.07) is -0.363. The summed E-state index contributed by atoms with van der Waals surface area (Å²) in [5.74, 6) is -1.57. The number of hydrogen-bond acceptors (Lipinski definition) is 4. The van der Waals surface area contributed by atoms with E-state index in [4.69, 9.17) is 5.11 Å². The van der Waals surface area contributed by atoms with Crippen LogP contribution in [0.5, 0.6) is 0 Å². The van der Waals surface area contributed by atoms with Gasteiger partial charge in [-0.25, -0.2) is 4.79 Å². The Balaban J connectivity index is 2.31. The first-order valence-corrected chi connectivity index (χ1v) is 5.66. The molecule has 1 saturated carbocycles. The normalized spacial score (nSPS) is 14.1. The van der Waals surface area contributed by atoms with Crippen LogP contribution in [-0.4, -0.2) is 53.6 Å². The Morgan fingerprint density at radius 3 is 2.50 bits per heavy atom. The summed E-state index contributed by atoms with van der Waals surface area (Å²) in [5.41, 5.74) is 0. The van der Waals surface area contributed by atoms with Crippen LogP contribution in [0, 0.1) is 0 Å². The highest BCUT2D eigenvalue weighted by atomic mass is 16.4. The fourth-order valence-corrected chi connectivity index (χ4v) is 1.38. The van der Waals surface area contributed by atoms with Gasteiger partial charge in [0.2, 0.25) is 5.91 Å². The average Bonchev–Trinajstić information content (AvgIpc) is 3.00. The molecule has 0 spiro atoms. The first-order chi connectivity index (χ1) is 8.51. The molecule has 1 fully saturated rings. The molecule has 0 bridgehead atoms. The van der Waals surface area contributed by atoms with Gasteiger partial charge in [-0.3, -0.25) is 19.8 Å². The van der Waals surface area contributed by atoms with E-state index in [1.165, 1.54) is 11.0 Å². The van der Waals surface area contributed by atoms with Gasteiger partial charge in [0.05, 0.1) is 13.1 Å². The predicted octanol–water partition coefficient (Wildman–Crippen LogP) is -0.453. The first kappa shape index (κ1) is 14.2. The topological polar surface area (TPSA) is 98.7 Å². The van der Waals surface area contributed by atoms with Gasteiger partial charge in [0.1, 0.15) is 0 Å². The third kappa shape index (κ3) is 6.00. The summed E-state index contributed by atoms with van der Waals surface area (Å²) in [5, 5.41) is 13.4. The van der Waals surface area contributed by atoms with E-state index in [0.717, 1.165) is 12.8 Å². The van der Waals surface area contributed by atoms with Crippen molar-refractivity contribution in [2.24, 2.45) is 0 Å². The molecule has 0 aromatic carbocycles. The summed E-state index contributed by atoms with van der Waals surface area (Å²) >= 11 is 0. The summed E-state index contributed by atoms with van der Waals surface area (Å²) < 4.78 is 0. The molecule has 1 rings (SSSR count). The molecule has 0 aromatic heterocycles. The third-order valence-electron chi connectivity index (χ3n) is 2.28. The van der Waals surface area contributed by atoms with Crippen molar-refractivity contribution < 1.29 is 19.5 Å². The SMILES string of the molecule is C=CCN(CC(=O)O)CC(=O)NC(=O)NC1CC1. The van der Waals surface area contributed by atoms with Crippen molar-refractivity contribution in [3.63, 3.8) is 0 Å². The number of hydrogen-bond donors (Lipinski definition) is 3. The molecule has 100 valence electrons. The molecule has 7 heteroatoms. The lowest BCUT2D eigenvalue weighted by atomic mass is 10.4. The fraction of sp³-hybridized carbons (Fsp3) is 0.545. The number of carbonyl (C=O) groups excluding carboxylic acids is 2. The monoisotopic (exact) mass is 255 g/mol. The number of urea groups is 1. The minimum absolute atomic E-state index is 0.156. The smallest absolute Gasteiger partial charge is 0.321 e. The van der Waals surface area contributed by atoms with E-state index in [1.54, 1.807) is 0 Å². The van der Waals surface area contributed by atoms with Gasteiger partial charge in [-0.2, -0.15) is 0 Å². The van der Waals surface area contributed by atoms with Gasteiger partial charge < -0.3 is 10.4 Å². The van der Waals surface area contributed by atoms with Crippen molar-refractivity contribution in [3.05, 3.63) is 12.7 Å². The van der Waals surface area contributed by atoms with Crippen LogP contribution < -0.4 is 10.6 Å². The van der Waals surface area contributed by atoms with E-state index >= 15 is 0 Å². The van der Waals surface area contributed by atoms with Crippen LogP contribution in [0.2, 0.25) is 0 Å². The number of imide groups is 1. The van der Waals surface area contributed by atoms with Crippen molar-refractivity contribution >= 4 is 17.9 Å². The van der Waals surface area contributed by atoms with Crippen molar-refractivity contribution in [3.8, 4) is 0 Å². The molecule has 7 nitrogen and oxygen atoms in total. The second-order valence-electron chi connectivity index (χ2n) is 4.15. The van der Waals surface area contributed by atoms with Gasteiger partial charge in [-0.1, -0.05) is 6.08 Å². The predicted molar refractivity (Wildman–Crippen MR) is 64.0 cm³/mol. The standard InChI is InChI=1S/C11H17N3O4/c1-2-5-14(7-10(16)17)6-9(15)13-11(18)12-8-3-4-8/h2,8H,1,3-7H2,(H,16,17)(H2,12,13,15,18). The number of rotatable bonds is 7. The molecule has 3 amide bonds. The minimum atomic E-state index is -1.04. The molecule has 0 radical (unpaired) electrons. The molecule has 18 heavy (non-hydrogen) atoms. The van der Waals surface area contributed by atoms with Crippen molar-refractivity contribution in [1.82, 2.24) is 15.5 Å². The Morgan fingerprint density at radius 1 is 1.33 bits per heavy atom. The molecule has 0 saturated heterocycles. The van der Waals surface area contributed by atoms with Gasteiger partial charge >= 0.3 is 12.0 Å². The third-order valence-corrected chi connectivity index (χ3v) is 2.28. The maximum absolute atomic E-state index is 11.5. The zero-order chi connectivity index (χ0) is 13.5. The number of carbonyl (C=O) groups is 3. The molecule has 0 atom stereocenters. The second kappa shape index (κ2) is 6.75. The quantitative estimate of drug-likeness (QED) is 0.535. The maximum atomic E-state index is 11.5. The Kier molecular flexibility index (Phi) is 5.31. The van der Waals surface area contributed by atoms with Crippen LogP contribution in [0.15, 0.2) is 12.7 Å². The fourth-order valence-electron chi connectivity index (χ4n) is 1.38. The highest BCUT2D eigenvalue weighted by Crippen LogP contribution is 2.18. The maximum Gasteiger partial charge on any atom is 0.321 e. The molecule has 0 aliphatic heterocycles. The molecule has 1 aliphatic rings. The van der Waals surface area contributed by atoms with Crippen LogP contribution in [0.1, 0.15) is 12.8 Å². The number of amides is 3. The van der Waals surface area contributed by atoms with Crippen molar-refractivity contribution in [2.75, 3.05) is 19.6 Å². The van der Waals surface area contributed by atoms with E-state index in [0.29, 0.717) is 0 Å². The molecule has 0 heterocycles. The molecule has 0 unspecified atom stereocenters.